The Bertz CT molecular complexity index is 500. The maximum atomic E-state index is 11.8. The molecule has 0 saturated carbocycles. The summed E-state index contributed by atoms with van der Waals surface area (Å²) >= 11 is 0. The summed E-state index contributed by atoms with van der Waals surface area (Å²) < 4.78 is 1.15. The minimum atomic E-state index is -0.320. The number of carbonyl (C=O) groups excluding carboxylic acids is 1. The second-order valence-electron chi connectivity index (χ2n) is 5.84. The van der Waals surface area contributed by atoms with Crippen molar-refractivity contribution in [1.82, 2.24) is 15.1 Å². The highest BCUT2D eigenvalue weighted by Gasteiger charge is 2.14. The first kappa shape index (κ1) is 15.2. The Balaban J connectivity index is 2.75. The summed E-state index contributed by atoms with van der Waals surface area (Å²) in [6.07, 6.45) is 1.55. The van der Waals surface area contributed by atoms with Crippen LogP contribution in [0.5, 0.6) is 0 Å². The molecule has 0 fully saturated rings. The first-order valence-electron chi connectivity index (χ1n) is 6.32. The van der Waals surface area contributed by atoms with Gasteiger partial charge in [-0.05, 0) is 34.6 Å². The lowest BCUT2D eigenvalue weighted by Gasteiger charge is -2.20. The zero-order valence-electron chi connectivity index (χ0n) is 12.2. The van der Waals surface area contributed by atoms with Gasteiger partial charge in [-0.15, -0.1) is 0 Å². The Hall–Kier alpha value is -1.85. The lowest BCUT2D eigenvalue weighted by Crippen LogP contribution is -2.43. The van der Waals surface area contributed by atoms with Crippen LogP contribution in [0.25, 0.3) is 0 Å². The number of rotatable bonds is 4. The fourth-order valence-electron chi connectivity index (χ4n) is 1.56. The molecule has 0 aliphatic heterocycles. The number of nitrogens with one attached hydrogen (secondary N) is 2. The summed E-state index contributed by atoms with van der Waals surface area (Å²) in [6.45, 7) is 9.53. The van der Waals surface area contributed by atoms with Gasteiger partial charge in [0.15, 0.2) is 0 Å². The molecule has 0 saturated heterocycles. The summed E-state index contributed by atoms with van der Waals surface area (Å²) in [7, 11) is 0. The van der Waals surface area contributed by atoms with E-state index in [1.54, 1.807) is 6.20 Å². The lowest BCUT2D eigenvalue weighted by atomic mass is 10.1. The van der Waals surface area contributed by atoms with Crippen molar-refractivity contribution in [3.63, 3.8) is 0 Å². The number of carbonyl (C=O) groups is 1. The van der Waals surface area contributed by atoms with E-state index in [0.29, 0.717) is 5.69 Å². The first-order valence-corrected chi connectivity index (χ1v) is 6.32. The molecule has 1 aromatic heterocycles. The van der Waals surface area contributed by atoms with Gasteiger partial charge in [0.1, 0.15) is 6.54 Å². The van der Waals surface area contributed by atoms with Crippen LogP contribution in [0.15, 0.2) is 17.1 Å². The average molecular weight is 266 g/mol. The monoisotopic (exact) mass is 266 g/mol. The molecule has 0 aromatic carbocycles. The van der Waals surface area contributed by atoms with Crippen LogP contribution in [0.3, 0.4) is 0 Å². The van der Waals surface area contributed by atoms with E-state index in [1.807, 2.05) is 34.6 Å². The van der Waals surface area contributed by atoms with Crippen LogP contribution in [0.1, 0.15) is 34.6 Å². The summed E-state index contributed by atoms with van der Waals surface area (Å²) in [4.78, 5) is 23.5. The highest BCUT2D eigenvalue weighted by Crippen LogP contribution is 2.02. The molecule has 1 amide bonds. The van der Waals surface area contributed by atoms with Crippen molar-refractivity contribution in [3.8, 4) is 0 Å². The van der Waals surface area contributed by atoms with Crippen LogP contribution < -0.4 is 16.2 Å². The zero-order chi connectivity index (χ0) is 14.6. The summed E-state index contributed by atoms with van der Waals surface area (Å²) in [5.41, 5.74) is 0.0435. The molecule has 106 valence electrons. The second-order valence-corrected chi connectivity index (χ2v) is 5.84. The fourth-order valence-corrected chi connectivity index (χ4v) is 1.56. The molecule has 1 aromatic rings. The van der Waals surface area contributed by atoms with Crippen LogP contribution in [-0.2, 0) is 11.3 Å². The maximum Gasteiger partial charge on any atom is 0.269 e. The van der Waals surface area contributed by atoms with Gasteiger partial charge in [0.2, 0.25) is 5.91 Å². The van der Waals surface area contributed by atoms with E-state index in [2.05, 4.69) is 15.7 Å². The molecule has 0 unspecified atom stereocenters. The SMILES string of the molecule is CC(C)Nc1cnn(CC(=O)NC(C)(C)C)c(=O)c1. The van der Waals surface area contributed by atoms with E-state index >= 15 is 0 Å². The first-order chi connectivity index (χ1) is 8.67. The van der Waals surface area contributed by atoms with E-state index in [0.717, 1.165) is 4.68 Å². The molecule has 0 bridgehead atoms. The Morgan fingerprint density at radius 3 is 2.53 bits per heavy atom. The highest BCUT2D eigenvalue weighted by atomic mass is 16.2. The van der Waals surface area contributed by atoms with Crippen LogP contribution >= 0.6 is 0 Å². The topological polar surface area (TPSA) is 76.0 Å². The van der Waals surface area contributed by atoms with Crippen molar-refractivity contribution >= 4 is 11.6 Å². The van der Waals surface area contributed by atoms with E-state index in [9.17, 15) is 9.59 Å². The van der Waals surface area contributed by atoms with E-state index in [4.69, 9.17) is 0 Å². The normalized spacial score (nSPS) is 11.5. The van der Waals surface area contributed by atoms with Crippen LogP contribution in [0.2, 0.25) is 0 Å². The quantitative estimate of drug-likeness (QED) is 0.851. The number of amides is 1. The lowest BCUT2D eigenvalue weighted by molar-refractivity contribution is -0.123. The average Bonchev–Trinajstić information content (AvgIpc) is 2.18. The third-order valence-corrected chi connectivity index (χ3v) is 2.13. The standard InChI is InChI=1S/C13H22N4O2/c1-9(2)15-10-6-12(19)17(14-7-10)8-11(18)16-13(3,4)5/h6-7,9,15H,8H2,1-5H3,(H,16,18). The predicted molar refractivity (Wildman–Crippen MR) is 75.2 cm³/mol. The van der Waals surface area contributed by atoms with Crippen molar-refractivity contribution in [1.29, 1.82) is 0 Å². The van der Waals surface area contributed by atoms with Crippen LogP contribution in [-0.4, -0.2) is 27.3 Å². The Morgan fingerprint density at radius 2 is 2.05 bits per heavy atom. The third-order valence-electron chi connectivity index (χ3n) is 2.13. The Labute approximate surface area is 113 Å². The number of aromatic nitrogens is 2. The Kier molecular flexibility index (Phi) is 4.69. The second kappa shape index (κ2) is 5.86. The van der Waals surface area contributed by atoms with Gasteiger partial charge in [-0.1, -0.05) is 0 Å². The van der Waals surface area contributed by atoms with Crippen LogP contribution in [0, 0.1) is 0 Å². The molecule has 6 heteroatoms. The highest BCUT2D eigenvalue weighted by molar-refractivity contribution is 5.76. The molecular formula is C13H22N4O2. The van der Waals surface area contributed by atoms with Crippen LogP contribution in [0.4, 0.5) is 5.69 Å². The number of hydrogen-bond donors (Lipinski definition) is 2. The van der Waals surface area contributed by atoms with Gasteiger partial charge in [-0.2, -0.15) is 5.10 Å². The van der Waals surface area contributed by atoms with Crippen molar-refractivity contribution in [2.75, 3.05) is 5.32 Å². The van der Waals surface area contributed by atoms with Gasteiger partial charge >= 0.3 is 0 Å². The minimum absolute atomic E-state index is 0.0714. The van der Waals surface area contributed by atoms with Gasteiger partial charge in [0, 0.05) is 17.6 Å². The molecule has 1 heterocycles. The Morgan fingerprint density at radius 1 is 1.42 bits per heavy atom. The molecule has 0 aliphatic rings. The van der Waals surface area contributed by atoms with E-state index < -0.39 is 0 Å². The van der Waals surface area contributed by atoms with E-state index in [-0.39, 0.29) is 29.6 Å². The van der Waals surface area contributed by atoms with Gasteiger partial charge in [0.25, 0.3) is 5.56 Å². The van der Waals surface area contributed by atoms with Gasteiger partial charge < -0.3 is 10.6 Å². The van der Waals surface area contributed by atoms with Crippen molar-refractivity contribution in [2.45, 2.75) is 52.7 Å². The summed E-state index contributed by atoms with van der Waals surface area (Å²) in [6, 6.07) is 1.67. The minimum Gasteiger partial charge on any atom is -0.381 e. The molecule has 0 radical (unpaired) electrons. The molecule has 0 atom stereocenters. The van der Waals surface area contributed by atoms with Gasteiger partial charge in [-0.25, -0.2) is 4.68 Å². The molecule has 6 nitrogen and oxygen atoms in total. The molecular weight excluding hydrogens is 244 g/mol. The fraction of sp³-hybridized carbons (Fsp3) is 0.615. The third kappa shape index (κ3) is 5.54. The zero-order valence-corrected chi connectivity index (χ0v) is 12.2. The number of hydrogen-bond acceptors (Lipinski definition) is 4. The summed E-state index contributed by atoms with van der Waals surface area (Å²) in [5, 5.41) is 9.86. The summed E-state index contributed by atoms with van der Waals surface area (Å²) in [5.74, 6) is -0.230. The van der Waals surface area contributed by atoms with Gasteiger partial charge in [0.05, 0.1) is 11.9 Å². The molecule has 0 aliphatic carbocycles. The van der Waals surface area contributed by atoms with Crippen molar-refractivity contribution < 1.29 is 4.79 Å². The van der Waals surface area contributed by atoms with Gasteiger partial charge in [-0.3, -0.25) is 9.59 Å². The van der Waals surface area contributed by atoms with Crippen molar-refractivity contribution in [2.24, 2.45) is 0 Å². The predicted octanol–water partition coefficient (Wildman–Crippen LogP) is 0.978. The number of anilines is 1. The molecule has 1 rings (SSSR count). The maximum absolute atomic E-state index is 11.8. The smallest absolute Gasteiger partial charge is 0.269 e. The largest absolute Gasteiger partial charge is 0.381 e. The van der Waals surface area contributed by atoms with E-state index in [1.165, 1.54) is 6.07 Å². The molecule has 19 heavy (non-hydrogen) atoms. The molecule has 2 N–H and O–H groups in total. The number of nitrogens with zero attached hydrogens (tertiary/aromatic N) is 2. The molecule has 0 spiro atoms. The van der Waals surface area contributed by atoms with Crippen molar-refractivity contribution in [3.05, 3.63) is 22.6 Å².